The summed E-state index contributed by atoms with van der Waals surface area (Å²) in [5.41, 5.74) is 11.1. The third-order valence-corrected chi connectivity index (χ3v) is 3.14. The number of hydrogen-bond donors (Lipinski definition) is 3. The van der Waals surface area contributed by atoms with Gasteiger partial charge in [-0.05, 0) is 24.7 Å². The van der Waals surface area contributed by atoms with Gasteiger partial charge in [0, 0.05) is 12.6 Å². The van der Waals surface area contributed by atoms with Crippen LogP contribution in [0.5, 0.6) is 0 Å². The number of nitrogens with zero attached hydrogens (tertiary/aromatic N) is 2. The maximum Gasteiger partial charge on any atom is 0.223 e. The highest BCUT2D eigenvalue weighted by Crippen LogP contribution is 2.30. The molecule has 0 amide bonds. The van der Waals surface area contributed by atoms with Crippen LogP contribution in [0, 0.1) is 11.8 Å². The first-order valence-electron chi connectivity index (χ1n) is 5.77. The van der Waals surface area contributed by atoms with Crippen LogP contribution >= 0.6 is 0 Å². The largest absolute Gasteiger partial charge is 0.383 e. The van der Waals surface area contributed by atoms with Gasteiger partial charge in [0.2, 0.25) is 5.95 Å². The van der Waals surface area contributed by atoms with Gasteiger partial charge in [0.25, 0.3) is 0 Å². The van der Waals surface area contributed by atoms with Crippen LogP contribution in [0.25, 0.3) is 0 Å². The molecule has 1 heterocycles. The van der Waals surface area contributed by atoms with Crippen LogP contribution in [-0.2, 0) is 0 Å². The van der Waals surface area contributed by atoms with Gasteiger partial charge in [-0.15, -0.1) is 0 Å². The molecule has 0 aromatic carbocycles. The van der Waals surface area contributed by atoms with Gasteiger partial charge in [-0.1, -0.05) is 13.3 Å². The van der Waals surface area contributed by atoms with Crippen LogP contribution < -0.4 is 16.8 Å². The number of anilines is 3. The summed E-state index contributed by atoms with van der Waals surface area (Å²) in [6.07, 6.45) is 3.92. The minimum atomic E-state index is 0.224. The molecule has 2 atom stereocenters. The summed E-state index contributed by atoms with van der Waals surface area (Å²) in [4.78, 5) is 7.92. The lowest BCUT2D eigenvalue weighted by molar-refractivity contribution is 0.536. The summed E-state index contributed by atoms with van der Waals surface area (Å²) in [5, 5.41) is 3.28. The second kappa shape index (κ2) is 4.55. The lowest BCUT2D eigenvalue weighted by Crippen LogP contribution is -2.13. The Labute approximate surface area is 95.6 Å². The number of nitrogen functional groups attached to an aromatic ring is 2. The Balaban J connectivity index is 1.89. The molecule has 0 bridgehead atoms. The molecule has 0 radical (unpaired) electrons. The highest BCUT2D eigenvalue weighted by molar-refractivity contribution is 5.48. The predicted octanol–water partition coefficient (Wildman–Crippen LogP) is 1.49. The van der Waals surface area contributed by atoms with Crippen molar-refractivity contribution in [2.24, 2.45) is 11.8 Å². The molecule has 2 unspecified atom stereocenters. The van der Waals surface area contributed by atoms with E-state index in [1.165, 1.54) is 19.3 Å². The number of hydrogen-bond acceptors (Lipinski definition) is 5. The van der Waals surface area contributed by atoms with Crippen molar-refractivity contribution in [3.8, 4) is 0 Å². The van der Waals surface area contributed by atoms with E-state index in [9.17, 15) is 0 Å². The molecule has 5 nitrogen and oxygen atoms in total. The summed E-state index contributed by atoms with van der Waals surface area (Å²) in [6.45, 7) is 3.25. The maximum atomic E-state index is 5.59. The first-order chi connectivity index (χ1) is 7.63. The second-order valence-electron chi connectivity index (χ2n) is 4.70. The lowest BCUT2D eigenvalue weighted by atomic mass is 10.1. The Morgan fingerprint density at radius 2 is 2.19 bits per heavy atom. The van der Waals surface area contributed by atoms with Gasteiger partial charge in [-0.3, -0.25) is 0 Å². The van der Waals surface area contributed by atoms with Crippen LogP contribution in [0.4, 0.5) is 17.6 Å². The van der Waals surface area contributed by atoms with E-state index < -0.39 is 0 Å². The monoisotopic (exact) mass is 221 g/mol. The minimum Gasteiger partial charge on any atom is -0.383 e. The Hall–Kier alpha value is -1.52. The fraction of sp³-hybridized carbons (Fsp3) is 0.636. The molecule has 1 aromatic heterocycles. The third-order valence-electron chi connectivity index (χ3n) is 3.14. The van der Waals surface area contributed by atoms with Gasteiger partial charge in [0.15, 0.2) is 0 Å². The highest BCUT2D eigenvalue weighted by atomic mass is 15.1. The SMILES string of the molecule is CC1CCC(CNc2cc(N)nc(N)n2)C1. The van der Waals surface area contributed by atoms with Crippen molar-refractivity contribution in [1.82, 2.24) is 9.97 Å². The topological polar surface area (TPSA) is 89.8 Å². The molecule has 5 N–H and O–H groups in total. The van der Waals surface area contributed by atoms with Crippen LogP contribution in [0.2, 0.25) is 0 Å². The summed E-state index contributed by atoms with van der Waals surface area (Å²) >= 11 is 0. The minimum absolute atomic E-state index is 0.224. The van der Waals surface area contributed by atoms with Gasteiger partial charge in [-0.25, -0.2) is 0 Å². The molecule has 1 saturated carbocycles. The Morgan fingerprint density at radius 3 is 2.81 bits per heavy atom. The summed E-state index contributed by atoms with van der Waals surface area (Å²) in [6, 6.07) is 1.72. The van der Waals surface area contributed by atoms with E-state index in [1.807, 2.05) is 0 Å². The number of rotatable bonds is 3. The first kappa shape index (κ1) is 11.0. The van der Waals surface area contributed by atoms with E-state index in [-0.39, 0.29) is 5.95 Å². The molecule has 1 aliphatic carbocycles. The van der Waals surface area contributed by atoms with E-state index in [4.69, 9.17) is 11.5 Å². The molecular weight excluding hydrogens is 202 g/mol. The van der Waals surface area contributed by atoms with Crippen molar-refractivity contribution in [3.05, 3.63) is 6.07 Å². The average molecular weight is 221 g/mol. The van der Waals surface area contributed by atoms with Gasteiger partial charge in [-0.2, -0.15) is 9.97 Å². The second-order valence-corrected chi connectivity index (χ2v) is 4.70. The molecule has 0 saturated heterocycles. The predicted molar refractivity (Wildman–Crippen MR) is 65.9 cm³/mol. The third kappa shape index (κ3) is 2.74. The Bertz CT molecular complexity index is 345. The quantitative estimate of drug-likeness (QED) is 0.719. The van der Waals surface area contributed by atoms with Gasteiger partial charge in [0.05, 0.1) is 0 Å². The lowest BCUT2D eigenvalue weighted by Gasteiger charge is -2.11. The molecule has 1 fully saturated rings. The zero-order valence-corrected chi connectivity index (χ0v) is 9.61. The summed E-state index contributed by atoms with van der Waals surface area (Å²) < 4.78 is 0. The first-order valence-corrected chi connectivity index (χ1v) is 5.77. The molecule has 16 heavy (non-hydrogen) atoms. The fourth-order valence-corrected chi connectivity index (χ4v) is 2.34. The van der Waals surface area contributed by atoms with E-state index >= 15 is 0 Å². The summed E-state index contributed by atoms with van der Waals surface area (Å²) in [7, 11) is 0. The standard InChI is InChI=1S/C11H19N5/c1-7-2-3-8(4-7)6-14-10-5-9(12)15-11(13)16-10/h5,7-8H,2-4,6H2,1H3,(H5,12,13,14,15,16). The van der Waals surface area contributed by atoms with Gasteiger partial charge >= 0.3 is 0 Å². The molecule has 1 aliphatic rings. The summed E-state index contributed by atoms with van der Waals surface area (Å²) in [5.74, 6) is 2.96. The normalized spacial score (nSPS) is 24.6. The molecule has 0 aliphatic heterocycles. The van der Waals surface area contributed by atoms with Crippen molar-refractivity contribution < 1.29 is 0 Å². The van der Waals surface area contributed by atoms with Crippen LogP contribution in [0.3, 0.4) is 0 Å². The molecule has 1 aromatic rings. The average Bonchev–Trinajstić information content (AvgIpc) is 2.60. The van der Waals surface area contributed by atoms with E-state index in [0.29, 0.717) is 5.82 Å². The zero-order chi connectivity index (χ0) is 11.5. The van der Waals surface area contributed by atoms with Crippen LogP contribution in [-0.4, -0.2) is 16.5 Å². The fourth-order valence-electron chi connectivity index (χ4n) is 2.34. The number of aromatic nitrogens is 2. The number of nitrogens with one attached hydrogen (secondary N) is 1. The Morgan fingerprint density at radius 1 is 1.38 bits per heavy atom. The van der Waals surface area contributed by atoms with Crippen molar-refractivity contribution in [1.29, 1.82) is 0 Å². The number of nitrogens with two attached hydrogens (primary N) is 2. The smallest absolute Gasteiger partial charge is 0.223 e. The van der Waals surface area contributed by atoms with E-state index in [2.05, 4.69) is 22.2 Å². The van der Waals surface area contributed by atoms with Crippen LogP contribution in [0.15, 0.2) is 6.07 Å². The van der Waals surface area contributed by atoms with E-state index in [1.54, 1.807) is 6.07 Å². The van der Waals surface area contributed by atoms with Crippen molar-refractivity contribution >= 4 is 17.6 Å². The van der Waals surface area contributed by atoms with Crippen LogP contribution in [0.1, 0.15) is 26.2 Å². The van der Waals surface area contributed by atoms with Crippen molar-refractivity contribution in [2.75, 3.05) is 23.3 Å². The molecule has 2 rings (SSSR count). The molecule has 5 heteroatoms. The zero-order valence-electron chi connectivity index (χ0n) is 9.61. The van der Waals surface area contributed by atoms with E-state index in [0.717, 1.165) is 24.2 Å². The maximum absolute atomic E-state index is 5.59. The molecular formula is C11H19N5. The Kier molecular flexibility index (Phi) is 3.12. The van der Waals surface area contributed by atoms with Crippen molar-refractivity contribution in [3.63, 3.8) is 0 Å². The highest BCUT2D eigenvalue weighted by Gasteiger charge is 2.20. The van der Waals surface area contributed by atoms with Gasteiger partial charge in [0.1, 0.15) is 11.6 Å². The van der Waals surface area contributed by atoms with Crippen molar-refractivity contribution in [2.45, 2.75) is 26.2 Å². The van der Waals surface area contributed by atoms with Gasteiger partial charge < -0.3 is 16.8 Å². The molecule has 88 valence electrons. The molecule has 0 spiro atoms.